The number of anilines is 2. The molecule has 23 heavy (non-hydrogen) atoms. The number of aromatic carboxylic acids is 1. The van der Waals surface area contributed by atoms with Gasteiger partial charge in [-0.3, -0.25) is 10.1 Å². The number of hydrogen-bond acceptors (Lipinski definition) is 4. The minimum Gasteiger partial charge on any atom is -0.478 e. The lowest BCUT2D eigenvalue weighted by atomic mass is 10.1. The topological polar surface area (TPSA) is 92.5 Å². The Bertz CT molecular complexity index is 801. The van der Waals surface area contributed by atoms with Crippen molar-refractivity contribution in [1.82, 2.24) is 0 Å². The van der Waals surface area contributed by atoms with Crippen LogP contribution in [0.5, 0.6) is 0 Å². The Morgan fingerprint density at radius 2 is 1.96 bits per heavy atom. The van der Waals surface area contributed by atoms with Gasteiger partial charge in [0.05, 0.1) is 10.5 Å². The molecule has 0 aliphatic heterocycles. The second kappa shape index (κ2) is 5.72. The minimum atomic E-state index is -1.19. The number of carboxylic acid groups (broad SMARTS) is 1. The van der Waals surface area contributed by atoms with Gasteiger partial charge >= 0.3 is 5.97 Å². The monoisotopic (exact) mass is 312 g/mol. The van der Waals surface area contributed by atoms with Gasteiger partial charge in [-0.15, -0.1) is 0 Å². The van der Waals surface area contributed by atoms with Gasteiger partial charge in [-0.25, -0.2) is 4.79 Å². The average Bonchev–Trinajstić information content (AvgIpc) is 2.86. The Morgan fingerprint density at radius 3 is 2.65 bits per heavy atom. The number of rotatable bonds is 4. The summed E-state index contributed by atoms with van der Waals surface area (Å²) in [4.78, 5) is 21.6. The SMILES string of the molecule is CC1Cc2ccc(Nc3ccc(C(=O)O)cc3[N+](=O)[O-])cc2C1. The lowest BCUT2D eigenvalue weighted by Crippen LogP contribution is -2.02. The Labute approximate surface area is 132 Å². The maximum Gasteiger partial charge on any atom is 0.335 e. The lowest BCUT2D eigenvalue weighted by Gasteiger charge is -2.09. The molecule has 0 amide bonds. The highest BCUT2D eigenvalue weighted by Crippen LogP contribution is 2.32. The van der Waals surface area contributed by atoms with E-state index < -0.39 is 10.9 Å². The molecule has 0 spiro atoms. The van der Waals surface area contributed by atoms with E-state index in [1.54, 1.807) is 0 Å². The predicted molar refractivity (Wildman–Crippen MR) is 86.4 cm³/mol. The summed E-state index contributed by atoms with van der Waals surface area (Å²) in [5.74, 6) is -0.574. The number of carbonyl (C=O) groups is 1. The van der Waals surface area contributed by atoms with E-state index in [0.717, 1.165) is 24.6 Å². The molecule has 2 N–H and O–H groups in total. The van der Waals surface area contributed by atoms with Gasteiger partial charge in [-0.05, 0) is 54.2 Å². The van der Waals surface area contributed by atoms with Gasteiger partial charge in [-0.2, -0.15) is 0 Å². The van der Waals surface area contributed by atoms with Crippen LogP contribution in [0.25, 0.3) is 0 Å². The molecular weight excluding hydrogens is 296 g/mol. The van der Waals surface area contributed by atoms with Crippen LogP contribution in [-0.4, -0.2) is 16.0 Å². The van der Waals surface area contributed by atoms with E-state index in [9.17, 15) is 14.9 Å². The smallest absolute Gasteiger partial charge is 0.335 e. The standard InChI is InChI=1S/C17H16N2O4/c1-10-6-11-2-4-14(8-13(11)7-10)18-15-5-3-12(17(20)21)9-16(15)19(22)23/h2-5,8-10,18H,6-7H2,1H3,(H,20,21). The first-order valence-corrected chi connectivity index (χ1v) is 7.34. The van der Waals surface area contributed by atoms with E-state index in [-0.39, 0.29) is 16.9 Å². The van der Waals surface area contributed by atoms with Crippen LogP contribution in [0.15, 0.2) is 36.4 Å². The summed E-state index contributed by atoms with van der Waals surface area (Å²) in [6, 6.07) is 9.79. The van der Waals surface area contributed by atoms with E-state index in [1.807, 2.05) is 18.2 Å². The summed E-state index contributed by atoms with van der Waals surface area (Å²) in [6.07, 6.45) is 2.06. The highest BCUT2D eigenvalue weighted by molar-refractivity contribution is 5.90. The molecule has 2 aromatic rings. The van der Waals surface area contributed by atoms with Gasteiger partial charge < -0.3 is 10.4 Å². The third kappa shape index (κ3) is 3.01. The molecule has 0 fully saturated rings. The summed E-state index contributed by atoms with van der Waals surface area (Å²) in [6.45, 7) is 2.20. The van der Waals surface area contributed by atoms with E-state index in [2.05, 4.69) is 12.2 Å². The van der Waals surface area contributed by atoms with Crippen LogP contribution in [0, 0.1) is 16.0 Å². The van der Waals surface area contributed by atoms with Crippen molar-refractivity contribution in [2.45, 2.75) is 19.8 Å². The Morgan fingerprint density at radius 1 is 1.22 bits per heavy atom. The molecule has 0 heterocycles. The zero-order chi connectivity index (χ0) is 16.6. The van der Waals surface area contributed by atoms with E-state index >= 15 is 0 Å². The summed E-state index contributed by atoms with van der Waals surface area (Å²) in [7, 11) is 0. The largest absolute Gasteiger partial charge is 0.478 e. The van der Waals surface area contributed by atoms with Gasteiger partial charge in [0.2, 0.25) is 0 Å². The van der Waals surface area contributed by atoms with Gasteiger partial charge in [-0.1, -0.05) is 13.0 Å². The molecule has 0 saturated carbocycles. The average molecular weight is 312 g/mol. The zero-order valence-electron chi connectivity index (χ0n) is 12.6. The Kier molecular flexibility index (Phi) is 3.73. The highest BCUT2D eigenvalue weighted by Gasteiger charge is 2.20. The van der Waals surface area contributed by atoms with Crippen LogP contribution >= 0.6 is 0 Å². The molecule has 1 aliphatic carbocycles. The molecule has 0 saturated heterocycles. The van der Waals surface area contributed by atoms with Crippen molar-refractivity contribution < 1.29 is 14.8 Å². The van der Waals surface area contributed by atoms with Crippen molar-refractivity contribution in [1.29, 1.82) is 0 Å². The number of nitrogens with zero attached hydrogens (tertiary/aromatic N) is 1. The first kappa shape index (κ1) is 15.0. The van der Waals surface area contributed by atoms with Crippen LogP contribution in [0.2, 0.25) is 0 Å². The number of benzene rings is 2. The lowest BCUT2D eigenvalue weighted by molar-refractivity contribution is -0.383. The first-order chi connectivity index (χ1) is 10.9. The fraction of sp³-hybridized carbons (Fsp3) is 0.235. The highest BCUT2D eigenvalue weighted by atomic mass is 16.6. The van der Waals surface area contributed by atoms with Crippen molar-refractivity contribution >= 4 is 23.0 Å². The molecule has 3 rings (SSSR count). The molecule has 0 aromatic heterocycles. The molecule has 1 unspecified atom stereocenters. The molecule has 0 radical (unpaired) electrons. The Balaban J connectivity index is 1.93. The number of hydrogen-bond donors (Lipinski definition) is 2. The number of nitro groups is 1. The summed E-state index contributed by atoms with van der Waals surface area (Å²) in [5.41, 5.74) is 3.27. The quantitative estimate of drug-likeness (QED) is 0.662. The number of nitrogens with one attached hydrogen (secondary N) is 1. The molecule has 1 aliphatic rings. The van der Waals surface area contributed by atoms with Crippen LogP contribution in [0.1, 0.15) is 28.4 Å². The van der Waals surface area contributed by atoms with E-state index in [4.69, 9.17) is 5.11 Å². The number of nitro benzene ring substituents is 1. The van der Waals surface area contributed by atoms with Crippen molar-refractivity contribution in [2.24, 2.45) is 5.92 Å². The van der Waals surface area contributed by atoms with E-state index in [0.29, 0.717) is 5.92 Å². The van der Waals surface area contributed by atoms with Crippen molar-refractivity contribution in [2.75, 3.05) is 5.32 Å². The molecule has 1 atom stereocenters. The van der Waals surface area contributed by atoms with Gasteiger partial charge in [0.25, 0.3) is 5.69 Å². The van der Waals surface area contributed by atoms with Crippen molar-refractivity contribution in [3.63, 3.8) is 0 Å². The van der Waals surface area contributed by atoms with Crippen LogP contribution < -0.4 is 5.32 Å². The molecule has 2 aromatic carbocycles. The summed E-state index contributed by atoms with van der Waals surface area (Å²) < 4.78 is 0. The fourth-order valence-electron chi connectivity index (χ4n) is 2.99. The molecule has 6 nitrogen and oxygen atoms in total. The van der Waals surface area contributed by atoms with Crippen molar-refractivity contribution in [3.05, 3.63) is 63.2 Å². The number of fused-ring (bicyclic) bond motifs is 1. The second-order valence-electron chi connectivity index (χ2n) is 5.92. The maximum absolute atomic E-state index is 11.2. The molecule has 118 valence electrons. The normalized spacial score (nSPS) is 16.0. The van der Waals surface area contributed by atoms with Gasteiger partial charge in [0.15, 0.2) is 0 Å². The van der Waals surface area contributed by atoms with Gasteiger partial charge in [0, 0.05) is 11.8 Å². The summed E-state index contributed by atoms with van der Waals surface area (Å²) >= 11 is 0. The zero-order valence-corrected chi connectivity index (χ0v) is 12.6. The third-order valence-electron chi connectivity index (χ3n) is 4.06. The van der Waals surface area contributed by atoms with Gasteiger partial charge in [0.1, 0.15) is 5.69 Å². The minimum absolute atomic E-state index is 0.106. The third-order valence-corrected chi connectivity index (χ3v) is 4.06. The maximum atomic E-state index is 11.2. The van der Waals surface area contributed by atoms with E-state index in [1.165, 1.54) is 23.3 Å². The van der Waals surface area contributed by atoms with Crippen LogP contribution in [0.4, 0.5) is 17.1 Å². The summed E-state index contributed by atoms with van der Waals surface area (Å²) in [5, 5.41) is 23.2. The first-order valence-electron chi connectivity index (χ1n) is 7.34. The number of carboxylic acids is 1. The van der Waals surface area contributed by atoms with Crippen LogP contribution in [0.3, 0.4) is 0 Å². The van der Waals surface area contributed by atoms with Crippen molar-refractivity contribution in [3.8, 4) is 0 Å². The molecule has 6 heteroatoms. The molecule has 0 bridgehead atoms. The Hall–Kier alpha value is -2.89. The van der Waals surface area contributed by atoms with Crippen LogP contribution in [-0.2, 0) is 12.8 Å². The second-order valence-corrected chi connectivity index (χ2v) is 5.92. The predicted octanol–water partition coefficient (Wildman–Crippen LogP) is 3.77. The fourth-order valence-corrected chi connectivity index (χ4v) is 2.99. The molecular formula is C17H16N2O4.